The number of hydrogen-bond acceptors (Lipinski definition) is 3. The number of para-hydroxylation sites is 1. The van der Waals surface area contributed by atoms with Gasteiger partial charge in [-0.15, -0.1) is 5.10 Å². The average Bonchev–Trinajstić information content (AvgIpc) is 2.89. The molecule has 0 fully saturated rings. The predicted molar refractivity (Wildman–Crippen MR) is 75.2 cm³/mol. The Labute approximate surface area is 115 Å². The summed E-state index contributed by atoms with van der Waals surface area (Å²) in [5, 5.41) is 17.3. The van der Waals surface area contributed by atoms with Crippen LogP contribution in [-0.2, 0) is 6.42 Å². The fraction of sp³-hybridized carbons (Fsp3) is 0.133. The number of fused-ring (bicyclic) bond motifs is 1. The van der Waals surface area contributed by atoms with E-state index in [-0.39, 0.29) is 5.56 Å². The molecule has 3 aromatic rings. The molecule has 0 saturated heterocycles. The van der Waals surface area contributed by atoms with E-state index >= 15 is 0 Å². The highest BCUT2D eigenvalue weighted by Crippen LogP contribution is 2.21. The molecule has 0 spiro atoms. The minimum atomic E-state index is -0.955. The highest BCUT2D eigenvalue weighted by Gasteiger charge is 2.12. The van der Waals surface area contributed by atoms with E-state index < -0.39 is 5.97 Å². The molecule has 5 heteroatoms. The van der Waals surface area contributed by atoms with Gasteiger partial charge in [0, 0.05) is 0 Å². The second-order valence-electron chi connectivity index (χ2n) is 4.49. The molecule has 0 radical (unpaired) electrons. The Bertz CT molecular complexity index is 793. The summed E-state index contributed by atoms with van der Waals surface area (Å²) >= 11 is 0. The maximum Gasteiger partial charge on any atom is 0.335 e. The van der Waals surface area contributed by atoms with Crippen molar-refractivity contribution in [1.29, 1.82) is 0 Å². The summed E-state index contributed by atoms with van der Waals surface area (Å²) in [7, 11) is 0. The summed E-state index contributed by atoms with van der Waals surface area (Å²) in [4.78, 5) is 11.1. The van der Waals surface area contributed by atoms with Gasteiger partial charge in [0.15, 0.2) is 0 Å². The minimum Gasteiger partial charge on any atom is -0.478 e. The Morgan fingerprint density at radius 2 is 2.05 bits per heavy atom. The molecular weight excluding hydrogens is 254 g/mol. The van der Waals surface area contributed by atoms with Crippen molar-refractivity contribution in [3.8, 4) is 5.69 Å². The van der Waals surface area contributed by atoms with E-state index in [0.717, 1.165) is 17.7 Å². The normalized spacial score (nSPS) is 10.8. The fourth-order valence-electron chi connectivity index (χ4n) is 2.25. The second-order valence-corrected chi connectivity index (χ2v) is 4.49. The smallest absolute Gasteiger partial charge is 0.335 e. The molecule has 3 rings (SSSR count). The Hall–Kier alpha value is -2.69. The lowest BCUT2D eigenvalue weighted by atomic mass is 10.1. The van der Waals surface area contributed by atoms with Crippen molar-refractivity contribution in [2.75, 3.05) is 0 Å². The molecule has 0 saturated carbocycles. The highest BCUT2D eigenvalue weighted by atomic mass is 16.4. The van der Waals surface area contributed by atoms with Crippen molar-refractivity contribution < 1.29 is 9.90 Å². The molecule has 0 aliphatic rings. The first-order valence-electron chi connectivity index (χ1n) is 6.37. The van der Waals surface area contributed by atoms with Gasteiger partial charge in [-0.2, -0.15) is 0 Å². The Kier molecular flexibility index (Phi) is 2.95. The van der Waals surface area contributed by atoms with Crippen LogP contribution in [0.4, 0.5) is 0 Å². The number of carboxylic acids is 1. The number of benzene rings is 2. The first-order valence-corrected chi connectivity index (χ1v) is 6.37. The summed E-state index contributed by atoms with van der Waals surface area (Å²) < 4.78 is 1.70. The molecule has 0 unspecified atom stereocenters. The maximum atomic E-state index is 11.1. The highest BCUT2D eigenvalue weighted by molar-refractivity contribution is 5.92. The van der Waals surface area contributed by atoms with E-state index in [0.29, 0.717) is 11.0 Å². The molecule has 1 heterocycles. The van der Waals surface area contributed by atoms with Crippen molar-refractivity contribution in [3.05, 3.63) is 53.6 Å². The zero-order chi connectivity index (χ0) is 14.1. The molecule has 1 N–H and O–H groups in total. The SMILES string of the molecule is CCc1ccccc1-n1nnc2ccc(C(=O)O)cc21. The molecule has 1 aromatic heterocycles. The van der Waals surface area contributed by atoms with E-state index in [1.807, 2.05) is 24.3 Å². The standard InChI is InChI=1S/C15H13N3O2/c1-2-10-5-3-4-6-13(10)18-14-9-11(15(19)20)7-8-12(14)16-17-18/h3-9H,2H2,1H3,(H,19,20). The lowest BCUT2D eigenvalue weighted by Crippen LogP contribution is -2.02. The first-order chi connectivity index (χ1) is 9.70. The minimum absolute atomic E-state index is 0.232. The van der Waals surface area contributed by atoms with Gasteiger partial charge in [0.05, 0.1) is 16.8 Å². The van der Waals surface area contributed by atoms with Crippen molar-refractivity contribution in [3.63, 3.8) is 0 Å². The summed E-state index contributed by atoms with van der Waals surface area (Å²) in [5.41, 5.74) is 3.68. The molecule has 5 nitrogen and oxygen atoms in total. The van der Waals surface area contributed by atoms with Crippen LogP contribution in [0.1, 0.15) is 22.8 Å². The van der Waals surface area contributed by atoms with Crippen LogP contribution in [0.15, 0.2) is 42.5 Å². The van der Waals surface area contributed by atoms with Gasteiger partial charge in [0.1, 0.15) is 5.52 Å². The fourth-order valence-corrected chi connectivity index (χ4v) is 2.25. The summed E-state index contributed by atoms with van der Waals surface area (Å²) in [6, 6.07) is 12.7. The third-order valence-corrected chi connectivity index (χ3v) is 3.29. The molecule has 0 bridgehead atoms. The van der Waals surface area contributed by atoms with Crippen LogP contribution < -0.4 is 0 Å². The van der Waals surface area contributed by atoms with E-state index in [2.05, 4.69) is 17.2 Å². The van der Waals surface area contributed by atoms with Gasteiger partial charge in [-0.05, 0) is 36.2 Å². The number of rotatable bonds is 3. The molecule has 2 aromatic carbocycles. The lowest BCUT2D eigenvalue weighted by Gasteiger charge is -2.07. The van der Waals surface area contributed by atoms with Crippen molar-refractivity contribution in [2.24, 2.45) is 0 Å². The molecule has 0 aliphatic carbocycles. The van der Waals surface area contributed by atoms with Gasteiger partial charge in [-0.3, -0.25) is 0 Å². The zero-order valence-electron chi connectivity index (χ0n) is 10.9. The van der Waals surface area contributed by atoms with Crippen molar-refractivity contribution in [2.45, 2.75) is 13.3 Å². The van der Waals surface area contributed by atoms with Crippen LogP contribution in [0.5, 0.6) is 0 Å². The van der Waals surface area contributed by atoms with E-state index in [1.54, 1.807) is 16.8 Å². The number of hydrogen-bond donors (Lipinski definition) is 1. The third kappa shape index (κ3) is 1.93. The molecule has 20 heavy (non-hydrogen) atoms. The Morgan fingerprint density at radius 1 is 1.25 bits per heavy atom. The van der Waals surface area contributed by atoms with Crippen molar-refractivity contribution >= 4 is 17.0 Å². The van der Waals surface area contributed by atoms with E-state index in [9.17, 15) is 4.79 Å². The van der Waals surface area contributed by atoms with Crippen LogP contribution >= 0.6 is 0 Å². The van der Waals surface area contributed by atoms with Crippen LogP contribution in [-0.4, -0.2) is 26.1 Å². The second kappa shape index (κ2) is 4.77. The number of carbonyl (C=O) groups is 1. The number of aromatic carboxylic acids is 1. The van der Waals surface area contributed by atoms with Gasteiger partial charge in [-0.1, -0.05) is 30.3 Å². The Balaban J connectivity index is 2.26. The summed E-state index contributed by atoms with van der Waals surface area (Å²) in [5.74, 6) is -0.955. The number of aryl methyl sites for hydroxylation is 1. The molecular formula is C15H13N3O2. The Morgan fingerprint density at radius 3 is 2.80 bits per heavy atom. The largest absolute Gasteiger partial charge is 0.478 e. The van der Waals surface area contributed by atoms with Crippen LogP contribution in [0.25, 0.3) is 16.7 Å². The summed E-state index contributed by atoms with van der Waals surface area (Å²) in [6.07, 6.45) is 0.871. The van der Waals surface area contributed by atoms with Crippen molar-refractivity contribution in [1.82, 2.24) is 15.0 Å². The summed E-state index contributed by atoms with van der Waals surface area (Å²) in [6.45, 7) is 2.07. The van der Waals surface area contributed by atoms with Crippen LogP contribution in [0, 0.1) is 0 Å². The van der Waals surface area contributed by atoms with Crippen LogP contribution in [0.3, 0.4) is 0 Å². The van der Waals surface area contributed by atoms with Crippen LogP contribution in [0.2, 0.25) is 0 Å². The van der Waals surface area contributed by atoms with Gasteiger partial charge in [0.25, 0.3) is 0 Å². The monoisotopic (exact) mass is 267 g/mol. The topological polar surface area (TPSA) is 68.0 Å². The first kappa shape index (κ1) is 12.3. The van der Waals surface area contributed by atoms with Gasteiger partial charge in [0.2, 0.25) is 0 Å². The number of nitrogens with zero attached hydrogens (tertiary/aromatic N) is 3. The average molecular weight is 267 g/mol. The zero-order valence-corrected chi connectivity index (χ0v) is 10.9. The third-order valence-electron chi connectivity index (χ3n) is 3.29. The van der Waals surface area contributed by atoms with Gasteiger partial charge in [-0.25, -0.2) is 9.48 Å². The quantitative estimate of drug-likeness (QED) is 0.792. The molecule has 0 atom stereocenters. The maximum absolute atomic E-state index is 11.1. The number of carboxylic acid groups (broad SMARTS) is 1. The lowest BCUT2D eigenvalue weighted by molar-refractivity contribution is 0.0697. The number of aromatic nitrogens is 3. The molecule has 0 amide bonds. The predicted octanol–water partition coefficient (Wildman–Crippen LogP) is 2.68. The van der Waals surface area contributed by atoms with Gasteiger partial charge >= 0.3 is 5.97 Å². The molecule has 0 aliphatic heterocycles. The van der Waals surface area contributed by atoms with Gasteiger partial charge < -0.3 is 5.11 Å². The van der Waals surface area contributed by atoms with E-state index in [4.69, 9.17) is 5.11 Å². The molecule has 100 valence electrons. The van der Waals surface area contributed by atoms with E-state index in [1.165, 1.54) is 6.07 Å².